The van der Waals surface area contributed by atoms with Crippen LogP contribution in [0.1, 0.15) is 6.42 Å². The number of Topliss-reactive ketones (excluding diaryl/α,β-unsaturated/α-hetero) is 1. The molecule has 0 aromatic heterocycles. The van der Waals surface area contributed by atoms with Crippen molar-refractivity contribution < 1.29 is 14.6 Å². The van der Waals surface area contributed by atoms with E-state index in [9.17, 15) is 4.79 Å². The van der Waals surface area contributed by atoms with Crippen LogP contribution in [0.25, 0.3) is 0 Å². The smallest absolute Gasteiger partial charge is 0.164 e. The van der Waals surface area contributed by atoms with Gasteiger partial charge in [0.15, 0.2) is 5.78 Å². The van der Waals surface area contributed by atoms with Gasteiger partial charge in [0.1, 0.15) is 6.61 Å². The molecular formula is C4H6O3. The molecule has 1 aliphatic heterocycles. The Morgan fingerprint density at radius 3 is 2.57 bits per heavy atom. The van der Waals surface area contributed by atoms with Crippen LogP contribution in [0, 0.1) is 0 Å². The van der Waals surface area contributed by atoms with E-state index >= 15 is 0 Å². The predicted molar refractivity (Wildman–Crippen MR) is 21.5 cm³/mol. The zero-order valence-electron chi connectivity index (χ0n) is 3.85. The predicted octanol–water partition coefficient (Wildman–Crippen LogP) is -0.0926. The largest absolute Gasteiger partial charge is 0.297 e. The van der Waals surface area contributed by atoms with Gasteiger partial charge in [-0.25, -0.2) is 9.78 Å². The first kappa shape index (κ1) is 4.74. The first-order chi connectivity index (χ1) is 3.39. The Balaban J connectivity index is 2.25. The summed E-state index contributed by atoms with van der Waals surface area (Å²) >= 11 is 0. The molecule has 0 radical (unpaired) electrons. The summed E-state index contributed by atoms with van der Waals surface area (Å²) in [6, 6.07) is 0. The molecule has 1 aliphatic rings. The van der Waals surface area contributed by atoms with Crippen molar-refractivity contribution in [3.63, 3.8) is 0 Å². The topological polar surface area (TPSA) is 35.5 Å². The van der Waals surface area contributed by atoms with Crippen LogP contribution in [0.15, 0.2) is 0 Å². The van der Waals surface area contributed by atoms with Gasteiger partial charge < -0.3 is 0 Å². The minimum Gasteiger partial charge on any atom is -0.297 e. The Morgan fingerprint density at radius 2 is 2.29 bits per heavy atom. The van der Waals surface area contributed by atoms with E-state index in [1.165, 1.54) is 0 Å². The van der Waals surface area contributed by atoms with Crippen LogP contribution < -0.4 is 0 Å². The van der Waals surface area contributed by atoms with Gasteiger partial charge in [-0.2, -0.15) is 0 Å². The summed E-state index contributed by atoms with van der Waals surface area (Å²) in [7, 11) is 0. The third-order valence-corrected chi connectivity index (χ3v) is 0.767. The third kappa shape index (κ3) is 1.25. The van der Waals surface area contributed by atoms with Crippen LogP contribution in [-0.4, -0.2) is 19.0 Å². The fourth-order valence-electron chi connectivity index (χ4n) is 0.394. The summed E-state index contributed by atoms with van der Waals surface area (Å²) in [4.78, 5) is 19.0. The minimum atomic E-state index is 0.117. The molecule has 1 heterocycles. The monoisotopic (exact) mass is 102 g/mol. The van der Waals surface area contributed by atoms with Gasteiger partial charge in [-0.3, -0.25) is 4.79 Å². The molecule has 0 aliphatic carbocycles. The molecule has 3 nitrogen and oxygen atoms in total. The summed E-state index contributed by atoms with van der Waals surface area (Å²) in [6.07, 6.45) is 0.500. The van der Waals surface area contributed by atoms with Gasteiger partial charge in [0.25, 0.3) is 0 Å². The molecule has 3 heteroatoms. The van der Waals surface area contributed by atoms with Gasteiger partial charge in [0.2, 0.25) is 0 Å². The van der Waals surface area contributed by atoms with Crippen molar-refractivity contribution in [1.82, 2.24) is 0 Å². The summed E-state index contributed by atoms with van der Waals surface area (Å²) in [5.74, 6) is 0.117. The van der Waals surface area contributed by atoms with Gasteiger partial charge in [0.05, 0.1) is 6.61 Å². The molecule has 7 heavy (non-hydrogen) atoms. The quantitative estimate of drug-likeness (QED) is 0.401. The highest BCUT2D eigenvalue weighted by molar-refractivity contribution is 5.79. The summed E-state index contributed by atoms with van der Waals surface area (Å²) in [5.41, 5.74) is 0. The fourth-order valence-corrected chi connectivity index (χ4v) is 0.394. The molecular weight excluding hydrogens is 96.0 g/mol. The number of hydrogen-bond acceptors (Lipinski definition) is 3. The van der Waals surface area contributed by atoms with E-state index in [0.29, 0.717) is 13.0 Å². The van der Waals surface area contributed by atoms with E-state index in [1.807, 2.05) is 0 Å². The van der Waals surface area contributed by atoms with E-state index in [2.05, 4.69) is 9.78 Å². The Labute approximate surface area is 41.1 Å². The van der Waals surface area contributed by atoms with Crippen molar-refractivity contribution in [3.05, 3.63) is 0 Å². The Hall–Kier alpha value is -0.410. The second-order valence-corrected chi connectivity index (χ2v) is 1.37. The van der Waals surface area contributed by atoms with E-state index in [4.69, 9.17) is 0 Å². The van der Waals surface area contributed by atoms with Crippen molar-refractivity contribution >= 4 is 5.78 Å². The maximum atomic E-state index is 10.3. The lowest BCUT2D eigenvalue weighted by Crippen LogP contribution is -2.17. The van der Waals surface area contributed by atoms with Crippen molar-refractivity contribution in [1.29, 1.82) is 0 Å². The lowest BCUT2D eigenvalue weighted by Gasteiger charge is -2.06. The van der Waals surface area contributed by atoms with Crippen LogP contribution in [0.3, 0.4) is 0 Å². The van der Waals surface area contributed by atoms with Crippen molar-refractivity contribution in [3.8, 4) is 0 Å². The van der Waals surface area contributed by atoms with E-state index in [-0.39, 0.29) is 12.4 Å². The molecule has 0 saturated carbocycles. The van der Waals surface area contributed by atoms with Crippen LogP contribution >= 0.6 is 0 Å². The number of rotatable bonds is 0. The van der Waals surface area contributed by atoms with E-state index in [0.717, 1.165) is 0 Å². The minimum absolute atomic E-state index is 0.117. The molecule has 1 rings (SSSR count). The molecule has 0 bridgehead atoms. The van der Waals surface area contributed by atoms with Gasteiger partial charge in [-0.1, -0.05) is 0 Å². The molecule has 0 amide bonds. The summed E-state index contributed by atoms with van der Waals surface area (Å²) < 4.78 is 0. The zero-order valence-corrected chi connectivity index (χ0v) is 3.85. The zero-order chi connectivity index (χ0) is 5.11. The highest BCUT2D eigenvalue weighted by atomic mass is 17.2. The second kappa shape index (κ2) is 2.04. The Bertz CT molecular complexity index is 71.0. The lowest BCUT2D eigenvalue weighted by molar-refractivity contribution is -0.300. The van der Waals surface area contributed by atoms with Crippen LogP contribution in [0.4, 0.5) is 0 Å². The molecule has 1 saturated heterocycles. The highest BCUT2D eigenvalue weighted by Gasteiger charge is 2.07. The van der Waals surface area contributed by atoms with Crippen LogP contribution in [-0.2, 0) is 14.6 Å². The van der Waals surface area contributed by atoms with Crippen molar-refractivity contribution in [2.45, 2.75) is 6.42 Å². The maximum Gasteiger partial charge on any atom is 0.164 e. The van der Waals surface area contributed by atoms with Gasteiger partial charge >= 0.3 is 0 Å². The second-order valence-electron chi connectivity index (χ2n) is 1.37. The number of carbonyl (C=O) groups excluding carboxylic acids is 1. The van der Waals surface area contributed by atoms with Gasteiger partial charge in [-0.15, -0.1) is 0 Å². The number of hydrogen-bond donors (Lipinski definition) is 0. The maximum absolute atomic E-state index is 10.3. The summed E-state index contributed by atoms with van der Waals surface area (Å²) in [5, 5.41) is 0. The average molecular weight is 102 g/mol. The Kier molecular flexibility index (Phi) is 1.38. The summed E-state index contributed by atoms with van der Waals surface area (Å²) in [6.45, 7) is 0.541. The molecule has 1 fully saturated rings. The van der Waals surface area contributed by atoms with Crippen molar-refractivity contribution in [2.75, 3.05) is 13.2 Å². The molecule has 0 spiro atoms. The first-order valence-electron chi connectivity index (χ1n) is 2.16. The molecule has 0 atom stereocenters. The number of ketones is 1. The molecule has 0 aromatic rings. The third-order valence-electron chi connectivity index (χ3n) is 0.767. The number of carbonyl (C=O) groups is 1. The van der Waals surface area contributed by atoms with Gasteiger partial charge in [-0.05, 0) is 0 Å². The highest BCUT2D eigenvalue weighted by Crippen LogP contribution is 1.94. The normalized spacial score (nSPS) is 22.6. The molecule has 0 aromatic carbocycles. The molecule has 40 valence electrons. The van der Waals surface area contributed by atoms with Crippen molar-refractivity contribution in [2.24, 2.45) is 0 Å². The van der Waals surface area contributed by atoms with E-state index in [1.54, 1.807) is 0 Å². The molecule has 0 N–H and O–H groups in total. The SMILES string of the molecule is O=C1CCOOC1. The van der Waals surface area contributed by atoms with Crippen LogP contribution in [0.5, 0.6) is 0 Å². The fraction of sp³-hybridized carbons (Fsp3) is 0.750. The lowest BCUT2D eigenvalue weighted by atomic mass is 10.3. The van der Waals surface area contributed by atoms with Crippen LogP contribution in [0.2, 0.25) is 0 Å². The van der Waals surface area contributed by atoms with Gasteiger partial charge in [0, 0.05) is 6.42 Å². The van der Waals surface area contributed by atoms with E-state index < -0.39 is 0 Å². The standard InChI is InChI=1S/C4H6O3/c5-4-1-2-6-7-3-4/h1-3H2. The Morgan fingerprint density at radius 1 is 1.43 bits per heavy atom. The average Bonchev–Trinajstić information content (AvgIpc) is 1.69. The first-order valence-corrected chi connectivity index (χ1v) is 2.16. The molecule has 0 unspecified atom stereocenters.